The number of rotatable bonds is 12. The van der Waals surface area contributed by atoms with Crippen molar-refractivity contribution in [1.82, 2.24) is 0 Å². The van der Waals surface area contributed by atoms with Crippen molar-refractivity contribution >= 4 is 26.5 Å². The fourth-order valence-electron chi connectivity index (χ4n) is 3.84. The van der Waals surface area contributed by atoms with Gasteiger partial charge in [0.05, 0.1) is 0 Å². The van der Waals surface area contributed by atoms with Crippen molar-refractivity contribution in [1.29, 1.82) is 0 Å². The third-order valence-corrected chi connectivity index (χ3v) is 26.2. The van der Waals surface area contributed by atoms with E-state index in [-0.39, 0.29) is 0 Å². The molecule has 0 bridgehead atoms. The van der Waals surface area contributed by atoms with E-state index in [2.05, 4.69) is 47.3 Å². The molecule has 0 aromatic rings. The average Bonchev–Trinajstić information content (AvgIpc) is 2.36. The van der Waals surface area contributed by atoms with Gasteiger partial charge in [0, 0.05) is 0 Å². The Hall–Kier alpha value is 1.02. The minimum atomic E-state index is -1.90. The standard InChI is InChI=1S/C6H15Si.3C4H9.Sn/c1-5-6-7(2,3)4;3*1-3-4-2;/h5H,6H2,1-4H3;3*1,3-4H2,2H3;. The quantitative estimate of drug-likeness (QED) is 0.294. The van der Waals surface area contributed by atoms with E-state index in [1.807, 2.05) is 0 Å². The van der Waals surface area contributed by atoms with Crippen LogP contribution < -0.4 is 0 Å². The first-order chi connectivity index (χ1) is 9.31. The molecule has 0 spiro atoms. The van der Waals surface area contributed by atoms with E-state index < -0.39 is 26.5 Å². The Labute approximate surface area is 135 Å². The zero-order valence-electron chi connectivity index (χ0n) is 15.6. The molecular formula is C18H42SiSn. The molecule has 122 valence electrons. The molecule has 0 fully saturated rings. The summed E-state index contributed by atoms with van der Waals surface area (Å²) in [5, 5.41) is 0. The molecule has 0 aliphatic heterocycles. The van der Waals surface area contributed by atoms with Crippen molar-refractivity contribution < 1.29 is 0 Å². The summed E-state index contributed by atoms with van der Waals surface area (Å²) in [6.45, 7) is 17.6. The summed E-state index contributed by atoms with van der Waals surface area (Å²) in [5.74, 6) is 0. The van der Waals surface area contributed by atoms with Crippen LogP contribution in [-0.2, 0) is 0 Å². The molecule has 1 atom stereocenters. The molecule has 0 saturated heterocycles. The number of unbranched alkanes of at least 4 members (excludes halogenated alkanes) is 3. The second-order valence-electron chi connectivity index (χ2n) is 8.34. The zero-order chi connectivity index (χ0) is 15.6. The molecule has 0 rings (SSSR count). The first-order valence-corrected chi connectivity index (χ1v) is 20.7. The molecule has 2 heteroatoms. The van der Waals surface area contributed by atoms with Gasteiger partial charge in [0.25, 0.3) is 0 Å². The van der Waals surface area contributed by atoms with E-state index in [9.17, 15) is 0 Å². The second kappa shape index (κ2) is 10.7. The Morgan fingerprint density at radius 1 is 0.750 bits per heavy atom. The summed E-state index contributed by atoms with van der Waals surface area (Å²) >= 11 is -1.90. The molecular weight excluding hydrogens is 363 g/mol. The van der Waals surface area contributed by atoms with Crippen LogP contribution >= 0.6 is 0 Å². The van der Waals surface area contributed by atoms with Crippen LogP contribution in [0.3, 0.4) is 0 Å². The van der Waals surface area contributed by atoms with Gasteiger partial charge in [-0.15, -0.1) is 0 Å². The summed E-state index contributed by atoms with van der Waals surface area (Å²) in [6, 6.07) is 1.61. The van der Waals surface area contributed by atoms with Gasteiger partial charge < -0.3 is 0 Å². The van der Waals surface area contributed by atoms with E-state index in [0.717, 1.165) is 3.93 Å². The molecule has 0 saturated carbocycles. The second-order valence-corrected chi connectivity index (χ2v) is 28.7. The fourth-order valence-corrected chi connectivity index (χ4v) is 30.5. The zero-order valence-corrected chi connectivity index (χ0v) is 19.5. The maximum absolute atomic E-state index is 2.68. The Morgan fingerprint density at radius 2 is 1.10 bits per heavy atom. The van der Waals surface area contributed by atoms with Crippen LogP contribution in [0.25, 0.3) is 0 Å². The first kappa shape index (κ1) is 21.0. The third-order valence-electron chi connectivity index (χ3n) is 5.05. The van der Waals surface area contributed by atoms with Gasteiger partial charge in [-0.05, 0) is 0 Å². The van der Waals surface area contributed by atoms with E-state index in [4.69, 9.17) is 0 Å². The molecule has 0 aliphatic rings. The molecule has 0 aromatic heterocycles. The summed E-state index contributed by atoms with van der Waals surface area (Å²) in [7, 11) is -0.895. The normalized spacial score (nSPS) is 14.6. The van der Waals surface area contributed by atoms with Crippen molar-refractivity contribution in [3.05, 3.63) is 0 Å². The van der Waals surface area contributed by atoms with Gasteiger partial charge in [0.1, 0.15) is 0 Å². The van der Waals surface area contributed by atoms with Crippen LogP contribution in [0.15, 0.2) is 0 Å². The van der Waals surface area contributed by atoms with Crippen LogP contribution in [0.5, 0.6) is 0 Å². The minimum absolute atomic E-state index is 0.895. The Kier molecular flexibility index (Phi) is 11.2. The monoisotopic (exact) mass is 406 g/mol. The van der Waals surface area contributed by atoms with Crippen molar-refractivity contribution in [3.8, 4) is 0 Å². The molecule has 0 radical (unpaired) electrons. The van der Waals surface area contributed by atoms with Crippen LogP contribution in [0.2, 0.25) is 42.9 Å². The molecule has 0 nitrogen and oxygen atoms in total. The molecule has 0 amide bonds. The maximum atomic E-state index is 2.68. The first-order valence-electron chi connectivity index (χ1n) is 9.31. The van der Waals surface area contributed by atoms with Gasteiger partial charge in [-0.25, -0.2) is 0 Å². The summed E-state index contributed by atoms with van der Waals surface area (Å²) in [5.41, 5.74) is 0. The Morgan fingerprint density at radius 3 is 1.35 bits per heavy atom. The van der Waals surface area contributed by atoms with Crippen molar-refractivity contribution in [2.45, 2.75) is 109 Å². The predicted octanol–water partition coefficient (Wildman–Crippen LogP) is 7.56. The van der Waals surface area contributed by atoms with E-state index in [1.54, 1.807) is 19.4 Å². The van der Waals surface area contributed by atoms with Gasteiger partial charge in [0.15, 0.2) is 0 Å². The molecule has 0 N–H and O–H groups in total. The van der Waals surface area contributed by atoms with Crippen LogP contribution in [0.1, 0.15) is 66.2 Å². The van der Waals surface area contributed by atoms with Crippen LogP contribution in [0, 0.1) is 0 Å². The molecule has 0 heterocycles. The molecule has 0 aromatic carbocycles. The predicted molar refractivity (Wildman–Crippen MR) is 102 cm³/mol. The van der Waals surface area contributed by atoms with E-state index >= 15 is 0 Å². The average molecular weight is 405 g/mol. The van der Waals surface area contributed by atoms with Gasteiger partial charge in [-0.2, -0.15) is 0 Å². The fraction of sp³-hybridized carbons (Fsp3) is 1.00. The van der Waals surface area contributed by atoms with Crippen molar-refractivity contribution in [2.24, 2.45) is 0 Å². The SMILES string of the molecule is CCC[CH2][Sn]([CH2]CCC)([CH2]CCC)[CH](C)C[Si](C)(C)C. The number of hydrogen-bond donors (Lipinski definition) is 0. The summed E-state index contributed by atoms with van der Waals surface area (Å²) < 4.78 is 6.21. The van der Waals surface area contributed by atoms with Gasteiger partial charge >= 0.3 is 136 Å². The molecule has 1 unspecified atom stereocenters. The van der Waals surface area contributed by atoms with Crippen molar-refractivity contribution in [2.75, 3.05) is 0 Å². The van der Waals surface area contributed by atoms with Crippen LogP contribution in [0.4, 0.5) is 0 Å². The van der Waals surface area contributed by atoms with Crippen LogP contribution in [-0.4, -0.2) is 26.5 Å². The Balaban J connectivity index is 4.99. The topological polar surface area (TPSA) is 0 Å². The van der Waals surface area contributed by atoms with Gasteiger partial charge in [-0.3, -0.25) is 0 Å². The summed E-state index contributed by atoms with van der Waals surface area (Å²) in [6.07, 6.45) is 8.82. The summed E-state index contributed by atoms with van der Waals surface area (Å²) in [4.78, 5) is 0. The van der Waals surface area contributed by atoms with Gasteiger partial charge in [-0.1, -0.05) is 0 Å². The van der Waals surface area contributed by atoms with E-state index in [0.29, 0.717) is 0 Å². The third kappa shape index (κ3) is 8.46. The number of hydrogen-bond acceptors (Lipinski definition) is 0. The van der Waals surface area contributed by atoms with Crippen molar-refractivity contribution in [3.63, 3.8) is 0 Å². The molecule has 20 heavy (non-hydrogen) atoms. The van der Waals surface area contributed by atoms with Gasteiger partial charge in [0.2, 0.25) is 0 Å². The molecule has 0 aliphatic carbocycles. The Bertz CT molecular complexity index is 210. The van der Waals surface area contributed by atoms with E-state index in [1.165, 1.54) is 38.5 Å².